The highest BCUT2D eigenvalue weighted by molar-refractivity contribution is 5.77. The maximum Gasteiger partial charge on any atom is 0.258 e. The second-order valence-corrected chi connectivity index (χ2v) is 4.82. The number of amides is 1. The van der Waals surface area contributed by atoms with Crippen LogP contribution in [0.3, 0.4) is 0 Å². The van der Waals surface area contributed by atoms with Crippen molar-refractivity contribution in [2.24, 2.45) is 0 Å². The molecule has 122 valence electrons. The number of hydrogen-bond acceptors (Lipinski definition) is 4. The smallest absolute Gasteiger partial charge is 0.258 e. The van der Waals surface area contributed by atoms with Gasteiger partial charge in [0.1, 0.15) is 17.2 Å². The average molecular weight is 315 g/mol. The maximum absolute atomic E-state index is 11.8. The molecule has 2 aromatic rings. The Morgan fingerprint density at radius 2 is 1.74 bits per heavy atom. The third-order valence-corrected chi connectivity index (χ3v) is 3.14. The van der Waals surface area contributed by atoms with Crippen LogP contribution in [-0.2, 0) is 11.3 Å². The van der Waals surface area contributed by atoms with Crippen molar-refractivity contribution < 1.29 is 19.0 Å². The molecule has 5 nitrogen and oxygen atoms in total. The van der Waals surface area contributed by atoms with Crippen LogP contribution in [-0.4, -0.2) is 26.2 Å². The lowest BCUT2D eigenvalue weighted by Crippen LogP contribution is -2.28. The van der Waals surface area contributed by atoms with Gasteiger partial charge >= 0.3 is 0 Å². The van der Waals surface area contributed by atoms with Crippen LogP contribution in [0.15, 0.2) is 48.5 Å². The van der Waals surface area contributed by atoms with E-state index in [0.29, 0.717) is 24.7 Å². The van der Waals surface area contributed by atoms with Gasteiger partial charge in [0.2, 0.25) is 0 Å². The minimum absolute atomic E-state index is 0.0375. The van der Waals surface area contributed by atoms with Crippen LogP contribution in [0.4, 0.5) is 0 Å². The summed E-state index contributed by atoms with van der Waals surface area (Å²) in [6, 6.07) is 14.8. The number of nitrogens with one attached hydrogen (secondary N) is 1. The fraction of sp³-hybridized carbons (Fsp3) is 0.278. The third-order valence-electron chi connectivity index (χ3n) is 3.14. The molecule has 0 saturated carbocycles. The first kappa shape index (κ1) is 16.7. The second kappa shape index (κ2) is 8.68. The van der Waals surface area contributed by atoms with Crippen LogP contribution >= 0.6 is 0 Å². The molecule has 0 heterocycles. The normalized spacial score (nSPS) is 10.0. The zero-order valence-electron chi connectivity index (χ0n) is 13.4. The van der Waals surface area contributed by atoms with Gasteiger partial charge in [-0.25, -0.2) is 0 Å². The first-order valence-corrected chi connectivity index (χ1v) is 7.46. The van der Waals surface area contributed by atoms with E-state index in [1.54, 1.807) is 19.2 Å². The minimum atomic E-state index is -0.179. The van der Waals surface area contributed by atoms with Crippen LogP contribution in [0.5, 0.6) is 17.2 Å². The van der Waals surface area contributed by atoms with Crippen LogP contribution in [0.2, 0.25) is 0 Å². The van der Waals surface area contributed by atoms with Gasteiger partial charge in [-0.2, -0.15) is 0 Å². The highest BCUT2D eigenvalue weighted by Crippen LogP contribution is 2.18. The van der Waals surface area contributed by atoms with E-state index in [4.69, 9.17) is 14.2 Å². The molecular weight excluding hydrogens is 294 g/mol. The third kappa shape index (κ3) is 5.54. The van der Waals surface area contributed by atoms with Crippen molar-refractivity contribution in [1.29, 1.82) is 0 Å². The largest absolute Gasteiger partial charge is 0.497 e. The summed E-state index contributed by atoms with van der Waals surface area (Å²) >= 11 is 0. The summed E-state index contributed by atoms with van der Waals surface area (Å²) in [5.74, 6) is 1.93. The van der Waals surface area contributed by atoms with Crippen LogP contribution < -0.4 is 19.5 Å². The Kier molecular flexibility index (Phi) is 6.29. The molecule has 0 radical (unpaired) electrons. The minimum Gasteiger partial charge on any atom is -0.497 e. The van der Waals surface area contributed by atoms with E-state index in [0.717, 1.165) is 11.3 Å². The number of hydrogen-bond donors (Lipinski definition) is 1. The molecule has 0 spiro atoms. The van der Waals surface area contributed by atoms with Crippen LogP contribution in [0.1, 0.15) is 12.5 Å². The number of carbonyl (C=O) groups is 1. The molecule has 0 bridgehead atoms. The van der Waals surface area contributed by atoms with Gasteiger partial charge in [-0.1, -0.05) is 18.2 Å². The Bertz CT molecular complexity index is 625. The number of benzene rings is 2. The SMILES string of the molecule is CCOc1ccc(CNC(=O)COc2cccc(OC)c2)cc1. The molecule has 0 atom stereocenters. The molecule has 5 heteroatoms. The summed E-state index contributed by atoms with van der Waals surface area (Å²) in [7, 11) is 1.59. The summed E-state index contributed by atoms with van der Waals surface area (Å²) in [6.45, 7) is 2.99. The van der Waals surface area contributed by atoms with Crippen molar-refractivity contribution in [3.05, 3.63) is 54.1 Å². The standard InChI is InChI=1S/C18H21NO4/c1-3-22-15-9-7-14(8-10-15)12-19-18(20)13-23-17-6-4-5-16(11-17)21-2/h4-11H,3,12-13H2,1-2H3,(H,19,20). The van der Waals surface area contributed by atoms with Crippen LogP contribution in [0, 0.1) is 0 Å². The van der Waals surface area contributed by atoms with Gasteiger partial charge in [-0.05, 0) is 36.8 Å². The maximum atomic E-state index is 11.8. The highest BCUT2D eigenvalue weighted by atomic mass is 16.5. The van der Waals surface area contributed by atoms with Gasteiger partial charge < -0.3 is 19.5 Å². The van der Waals surface area contributed by atoms with Gasteiger partial charge in [0.25, 0.3) is 5.91 Å². The zero-order valence-corrected chi connectivity index (χ0v) is 13.4. The van der Waals surface area contributed by atoms with Gasteiger partial charge in [0.05, 0.1) is 13.7 Å². The summed E-state index contributed by atoms with van der Waals surface area (Å²) in [5.41, 5.74) is 1.00. The Labute approximate surface area is 136 Å². The number of rotatable bonds is 8. The number of ether oxygens (including phenoxy) is 3. The van der Waals surface area contributed by atoms with E-state index in [1.165, 1.54) is 0 Å². The first-order chi connectivity index (χ1) is 11.2. The summed E-state index contributed by atoms with van der Waals surface area (Å²) in [6.07, 6.45) is 0. The predicted octanol–water partition coefficient (Wildman–Crippen LogP) is 2.79. The fourth-order valence-electron chi connectivity index (χ4n) is 1.96. The number of methoxy groups -OCH3 is 1. The lowest BCUT2D eigenvalue weighted by atomic mass is 10.2. The van der Waals surface area contributed by atoms with E-state index < -0.39 is 0 Å². The summed E-state index contributed by atoms with van der Waals surface area (Å²) in [4.78, 5) is 11.8. The zero-order chi connectivity index (χ0) is 16.5. The van der Waals surface area contributed by atoms with Crippen molar-refractivity contribution in [3.8, 4) is 17.2 Å². The average Bonchev–Trinajstić information content (AvgIpc) is 2.60. The molecule has 1 amide bonds. The lowest BCUT2D eigenvalue weighted by molar-refractivity contribution is -0.123. The van der Waals surface area contributed by atoms with Crippen molar-refractivity contribution in [1.82, 2.24) is 5.32 Å². The van der Waals surface area contributed by atoms with E-state index in [2.05, 4.69) is 5.32 Å². The molecule has 1 N–H and O–H groups in total. The van der Waals surface area contributed by atoms with Crippen LogP contribution in [0.25, 0.3) is 0 Å². The predicted molar refractivity (Wildman–Crippen MR) is 87.9 cm³/mol. The fourth-order valence-corrected chi connectivity index (χ4v) is 1.96. The summed E-state index contributed by atoms with van der Waals surface area (Å²) in [5, 5.41) is 2.81. The van der Waals surface area contributed by atoms with Crippen molar-refractivity contribution in [2.75, 3.05) is 20.3 Å². The Morgan fingerprint density at radius 1 is 1.00 bits per heavy atom. The quantitative estimate of drug-likeness (QED) is 0.814. The van der Waals surface area contributed by atoms with E-state index in [9.17, 15) is 4.79 Å². The Balaban J connectivity index is 1.76. The molecule has 0 aromatic heterocycles. The molecule has 2 rings (SSSR count). The van der Waals surface area contributed by atoms with Crippen molar-refractivity contribution in [3.63, 3.8) is 0 Å². The Morgan fingerprint density at radius 3 is 2.43 bits per heavy atom. The second-order valence-electron chi connectivity index (χ2n) is 4.82. The van der Waals surface area contributed by atoms with Gasteiger partial charge in [-0.15, -0.1) is 0 Å². The van der Waals surface area contributed by atoms with Gasteiger partial charge in [-0.3, -0.25) is 4.79 Å². The molecular formula is C18H21NO4. The van der Waals surface area contributed by atoms with Crippen molar-refractivity contribution >= 4 is 5.91 Å². The molecule has 0 unspecified atom stereocenters. The molecule has 2 aromatic carbocycles. The van der Waals surface area contributed by atoms with Gasteiger partial charge in [0.15, 0.2) is 6.61 Å². The monoisotopic (exact) mass is 315 g/mol. The van der Waals surface area contributed by atoms with Gasteiger partial charge in [0, 0.05) is 12.6 Å². The molecule has 0 aliphatic heterocycles. The van der Waals surface area contributed by atoms with E-state index >= 15 is 0 Å². The molecule has 0 aliphatic rings. The number of carbonyl (C=O) groups excluding carboxylic acids is 1. The van der Waals surface area contributed by atoms with E-state index in [-0.39, 0.29) is 12.5 Å². The molecule has 0 aliphatic carbocycles. The highest BCUT2D eigenvalue weighted by Gasteiger charge is 2.04. The van der Waals surface area contributed by atoms with Crippen molar-refractivity contribution in [2.45, 2.75) is 13.5 Å². The lowest BCUT2D eigenvalue weighted by Gasteiger charge is -2.09. The molecule has 23 heavy (non-hydrogen) atoms. The molecule has 0 fully saturated rings. The topological polar surface area (TPSA) is 56.8 Å². The van der Waals surface area contributed by atoms with E-state index in [1.807, 2.05) is 43.3 Å². The Hall–Kier alpha value is -2.69. The molecule has 0 saturated heterocycles. The summed E-state index contributed by atoms with van der Waals surface area (Å²) < 4.78 is 15.9. The first-order valence-electron chi connectivity index (χ1n) is 7.46.